The van der Waals surface area contributed by atoms with Crippen molar-refractivity contribution >= 4 is 0 Å². The molecule has 5 heteroatoms. The van der Waals surface area contributed by atoms with Gasteiger partial charge in [0.15, 0.2) is 12.6 Å². The van der Waals surface area contributed by atoms with E-state index in [-0.39, 0.29) is 37.0 Å². The van der Waals surface area contributed by atoms with Crippen LogP contribution in [0, 0.1) is 0 Å². The van der Waals surface area contributed by atoms with Crippen LogP contribution < -0.4 is 0 Å². The molecular formula is C14H16O5. The monoisotopic (exact) mass is 264 g/mol. The Morgan fingerprint density at radius 3 is 2.63 bits per heavy atom. The minimum absolute atomic E-state index is 0.000716. The molecule has 1 unspecified atom stereocenters. The van der Waals surface area contributed by atoms with Gasteiger partial charge in [0.1, 0.15) is 24.4 Å². The Hall–Kier alpha value is -0.980. The lowest BCUT2D eigenvalue weighted by Gasteiger charge is -2.39. The fraction of sp³-hybridized carbons (Fsp3) is 0.571. The molecule has 0 amide bonds. The molecule has 4 rings (SSSR count). The second-order valence-electron chi connectivity index (χ2n) is 5.02. The molecule has 0 aliphatic carbocycles. The lowest BCUT2D eigenvalue weighted by Crippen LogP contribution is -2.52. The van der Waals surface area contributed by atoms with Crippen molar-refractivity contribution in [1.29, 1.82) is 0 Å². The fourth-order valence-corrected chi connectivity index (χ4v) is 2.80. The zero-order valence-electron chi connectivity index (χ0n) is 10.6. The molecule has 6 atom stereocenters. The predicted octanol–water partition coefficient (Wildman–Crippen LogP) is 1.24. The number of hydrogen-bond acceptors (Lipinski definition) is 5. The van der Waals surface area contributed by atoms with Crippen LogP contribution in [0.2, 0.25) is 0 Å². The molecule has 3 aliphatic heterocycles. The van der Waals surface area contributed by atoms with Gasteiger partial charge in [0, 0.05) is 12.7 Å². The number of hydrogen-bond donors (Lipinski definition) is 0. The smallest absolute Gasteiger partial charge is 0.186 e. The van der Waals surface area contributed by atoms with Gasteiger partial charge < -0.3 is 23.7 Å². The zero-order chi connectivity index (χ0) is 12.8. The SMILES string of the molecule is CO[C@H]1O[C@@H]2CO[C@@H](c3ccccc3)OC2[C@H]2O[C@H]12. The maximum atomic E-state index is 6.00. The van der Waals surface area contributed by atoms with Gasteiger partial charge in [-0.05, 0) is 0 Å². The summed E-state index contributed by atoms with van der Waals surface area (Å²) >= 11 is 0. The van der Waals surface area contributed by atoms with Gasteiger partial charge in [0.25, 0.3) is 0 Å². The Morgan fingerprint density at radius 1 is 1.00 bits per heavy atom. The summed E-state index contributed by atoms with van der Waals surface area (Å²) < 4.78 is 28.4. The van der Waals surface area contributed by atoms with E-state index < -0.39 is 0 Å². The van der Waals surface area contributed by atoms with Gasteiger partial charge in [-0.1, -0.05) is 30.3 Å². The van der Waals surface area contributed by atoms with E-state index in [2.05, 4.69) is 0 Å². The predicted molar refractivity (Wildman–Crippen MR) is 64.3 cm³/mol. The van der Waals surface area contributed by atoms with E-state index in [1.165, 1.54) is 0 Å². The molecule has 0 bridgehead atoms. The van der Waals surface area contributed by atoms with E-state index in [1.54, 1.807) is 7.11 Å². The first kappa shape index (κ1) is 11.8. The number of methoxy groups -OCH3 is 1. The van der Waals surface area contributed by atoms with Gasteiger partial charge in [-0.2, -0.15) is 0 Å². The van der Waals surface area contributed by atoms with Crippen molar-refractivity contribution in [2.45, 2.75) is 37.0 Å². The van der Waals surface area contributed by atoms with Crippen molar-refractivity contribution in [1.82, 2.24) is 0 Å². The summed E-state index contributed by atoms with van der Waals surface area (Å²) in [5.41, 5.74) is 1.02. The van der Waals surface area contributed by atoms with Crippen LogP contribution in [0.1, 0.15) is 11.9 Å². The Labute approximate surface area is 111 Å². The Balaban J connectivity index is 1.50. The molecule has 3 heterocycles. The van der Waals surface area contributed by atoms with Crippen molar-refractivity contribution in [2.24, 2.45) is 0 Å². The molecule has 0 saturated carbocycles. The minimum atomic E-state index is -0.338. The molecule has 0 radical (unpaired) electrons. The van der Waals surface area contributed by atoms with Crippen molar-refractivity contribution in [3.8, 4) is 0 Å². The Morgan fingerprint density at radius 2 is 1.84 bits per heavy atom. The number of ether oxygens (including phenoxy) is 5. The highest BCUT2D eigenvalue weighted by Gasteiger charge is 2.60. The van der Waals surface area contributed by atoms with E-state index in [0.29, 0.717) is 6.61 Å². The standard InChI is InChI=1S/C14H16O5/c1-15-14-12-11(18-12)10-9(17-14)7-16-13(19-10)8-5-3-2-4-6-8/h2-6,9-14H,7H2,1H3/t9-,10?,11-,12+,13-,14+/m1/s1. The summed E-state index contributed by atoms with van der Waals surface area (Å²) in [4.78, 5) is 0. The molecule has 1 aromatic carbocycles. The maximum Gasteiger partial charge on any atom is 0.186 e. The normalized spacial score (nSPS) is 44.3. The van der Waals surface area contributed by atoms with Crippen LogP contribution >= 0.6 is 0 Å². The number of epoxide rings is 1. The van der Waals surface area contributed by atoms with E-state index in [1.807, 2.05) is 30.3 Å². The molecule has 0 N–H and O–H groups in total. The number of fused-ring (bicyclic) bond motifs is 3. The molecular weight excluding hydrogens is 248 g/mol. The van der Waals surface area contributed by atoms with Crippen molar-refractivity contribution in [3.63, 3.8) is 0 Å². The van der Waals surface area contributed by atoms with Crippen LogP contribution in [0.4, 0.5) is 0 Å². The van der Waals surface area contributed by atoms with Crippen LogP contribution in [0.25, 0.3) is 0 Å². The van der Waals surface area contributed by atoms with Gasteiger partial charge in [-0.3, -0.25) is 0 Å². The minimum Gasteiger partial charge on any atom is -0.361 e. The van der Waals surface area contributed by atoms with Gasteiger partial charge >= 0.3 is 0 Å². The summed E-state index contributed by atoms with van der Waals surface area (Å²) in [5.74, 6) is 0. The van der Waals surface area contributed by atoms with Crippen LogP contribution in [0.3, 0.4) is 0 Å². The second kappa shape index (κ2) is 4.54. The average Bonchev–Trinajstić information content (AvgIpc) is 3.27. The molecule has 3 fully saturated rings. The molecule has 1 aromatic rings. The first-order valence-electron chi connectivity index (χ1n) is 6.52. The molecule has 19 heavy (non-hydrogen) atoms. The summed E-state index contributed by atoms with van der Waals surface area (Å²) in [6.45, 7) is 0.497. The highest BCUT2D eigenvalue weighted by atomic mass is 16.8. The lowest BCUT2D eigenvalue weighted by atomic mass is 10.0. The quantitative estimate of drug-likeness (QED) is 0.752. The van der Waals surface area contributed by atoms with Gasteiger partial charge in [0.2, 0.25) is 0 Å². The van der Waals surface area contributed by atoms with E-state index in [4.69, 9.17) is 23.7 Å². The number of rotatable bonds is 2. The average molecular weight is 264 g/mol. The third-order valence-electron chi connectivity index (χ3n) is 3.83. The van der Waals surface area contributed by atoms with Crippen molar-refractivity contribution in [2.75, 3.05) is 13.7 Å². The summed E-state index contributed by atoms with van der Waals surface area (Å²) in [6.07, 6.45) is -0.759. The van der Waals surface area contributed by atoms with Crippen LogP contribution in [-0.4, -0.2) is 44.4 Å². The molecule has 0 spiro atoms. The van der Waals surface area contributed by atoms with Crippen LogP contribution in [0.15, 0.2) is 30.3 Å². The van der Waals surface area contributed by atoms with Gasteiger partial charge in [0.05, 0.1) is 6.61 Å². The Bertz CT molecular complexity index is 450. The first-order valence-corrected chi connectivity index (χ1v) is 6.52. The fourth-order valence-electron chi connectivity index (χ4n) is 2.80. The Kier molecular flexibility index (Phi) is 2.82. The topological polar surface area (TPSA) is 49.5 Å². The van der Waals surface area contributed by atoms with E-state index >= 15 is 0 Å². The highest BCUT2D eigenvalue weighted by molar-refractivity contribution is 5.17. The summed E-state index contributed by atoms with van der Waals surface area (Å²) in [7, 11) is 1.63. The van der Waals surface area contributed by atoms with Crippen molar-refractivity contribution < 1.29 is 23.7 Å². The lowest BCUT2D eigenvalue weighted by molar-refractivity contribution is -0.304. The molecule has 0 aromatic heterocycles. The van der Waals surface area contributed by atoms with Gasteiger partial charge in [-0.15, -0.1) is 0 Å². The highest BCUT2D eigenvalue weighted by Crippen LogP contribution is 2.43. The zero-order valence-corrected chi connectivity index (χ0v) is 10.6. The number of benzene rings is 1. The summed E-state index contributed by atoms with van der Waals surface area (Å²) in [5, 5.41) is 0. The largest absolute Gasteiger partial charge is 0.361 e. The van der Waals surface area contributed by atoms with Crippen LogP contribution in [-0.2, 0) is 23.7 Å². The third-order valence-corrected chi connectivity index (χ3v) is 3.83. The molecule has 3 aliphatic rings. The third kappa shape index (κ3) is 1.98. The summed E-state index contributed by atoms with van der Waals surface area (Å²) in [6, 6.07) is 9.92. The molecule has 102 valence electrons. The van der Waals surface area contributed by atoms with Gasteiger partial charge in [-0.25, -0.2) is 0 Å². The van der Waals surface area contributed by atoms with Crippen LogP contribution in [0.5, 0.6) is 0 Å². The molecule has 5 nitrogen and oxygen atoms in total. The second-order valence-corrected chi connectivity index (χ2v) is 5.02. The van der Waals surface area contributed by atoms with Crippen molar-refractivity contribution in [3.05, 3.63) is 35.9 Å². The van der Waals surface area contributed by atoms with E-state index in [0.717, 1.165) is 5.56 Å². The maximum absolute atomic E-state index is 6.00. The first-order chi connectivity index (χ1) is 9.36. The molecule has 3 saturated heterocycles. The van der Waals surface area contributed by atoms with E-state index in [9.17, 15) is 0 Å².